The Balaban J connectivity index is 2.37. The van der Waals surface area contributed by atoms with Gasteiger partial charge < -0.3 is 10.6 Å². The van der Waals surface area contributed by atoms with Crippen molar-refractivity contribution in [2.24, 2.45) is 0 Å². The number of nitriles is 1. The van der Waals surface area contributed by atoms with Gasteiger partial charge in [-0.25, -0.2) is 4.98 Å². The second-order valence-corrected chi connectivity index (χ2v) is 4.97. The zero-order valence-corrected chi connectivity index (χ0v) is 11.9. The van der Waals surface area contributed by atoms with Crippen molar-refractivity contribution in [3.05, 3.63) is 48.0 Å². The van der Waals surface area contributed by atoms with Crippen LogP contribution in [0.2, 0.25) is 0 Å². The topological polar surface area (TPSA) is 70.9 Å². The summed E-state index contributed by atoms with van der Waals surface area (Å²) in [4.78, 5) is 6.38. The molecule has 0 radical (unpaired) electrons. The van der Waals surface area contributed by atoms with Crippen molar-refractivity contribution >= 4 is 22.7 Å². The number of anilines is 2. The van der Waals surface area contributed by atoms with Gasteiger partial charge >= 0.3 is 0 Å². The fourth-order valence-corrected chi connectivity index (χ4v) is 2.49. The highest BCUT2D eigenvalue weighted by atomic mass is 15.2. The highest BCUT2D eigenvalue weighted by Gasteiger charge is 2.15. The van der Waals surface area contributed by atoms with E-state index < -0.39 is 0 Å². The number of hydrogen-bond acceptors (Lipinski definition) is 4. The largest absolute Gasteiger partial charge is 0.376 e. The number of para-hydroxylation sites is 3. The summed E-state index contributed by atoms with van der Waals surface area (Å²) in [5.74, 6) is 0.377. The number of nitrogen functional groups attached to an aromatic ring is 1. The molecule has 104 valence electrons. The summed E-state index contributed by atoms with van der Waals surface area (Å²) in [5, 5.41) is 9.20. The van der Waals surface area contributed by atoms with E-state index in [0.717, 1.165) is 16.9 Å². The lowest BCUT2D eigenvalue weighted by molar-refractivity contribution is 1.06. The molecular formula is C16H15N5. The molecule has 2 aromatic carbocycles. The maximum absolute atomic E-state index is 9.20. The van der Waals surface area contributed by atoms with Crippen molar-refractivity contribution < 1.29 is 0 Å². The lowest BCUT2D eigenvalue weighted by Gasteiger charge is -2.18. The quantitative estimate of drug-likeness (QED) is 0.781. The van der Waals surface area contributed by atoms with E-state index in [1.165, 1.54) is 0 Å². The molecule has 0 aliphatic rings. The van der Waals surface area contributed by atoms with Gasteiger partial charge in [0.05, 0.1) is 22.5 Å². The van der Waals surface area contributed by atoms with Crippen LogP contribution in [0.1, 0.15) is 5.56 Å². The van der Waals surface area contributed by atoms with Gasteiger partial charge in [0.15, 0.2) is 0 Å². The van der Waals surface area contributed by atoms with E-state index in [-0.39, 0.29) is 0 Å². The maximum Gasteiger partial charge on any atom is 0.206 e. The van der Waals surface area contributed by atoms with Crippen LogP contribution >= 0.6 is 0 Å². The average Bonchev–Trinajstić information content (AvgIpc) is 2.82. The van der Waals surface area contributed by atoms with Crippen LogP contribution in [-0.4, -0.2) is 23.6 Å². The first-order chi connectivity index (χ1) is 10.1. The van der Waals surface area contributed by atoms with Crippen LogP contribution in [0.4, 0.5) is 11.6 Å². The molecular weight excluding hydrogens is 262 g/mol. The molecule has 0 spiro atoms. The van der Waals surface area contributed by atoms with E-state index in [0.29, 0.717) is 17.0 Å². The third-order valence-electron chi connectivity index (χ3n) is 3.44. The van der Waals surface area contributed by atoms with Crippen LogP contribution < -0.4 is 10.6 Å². The zero-order valence-electron chi connectivity index (χ0n) is 11.9. The summed E-state index contributed by atoms with van der Waals surface area (Å²) in [7, 11) is 3.96. The molecule has 0 saturated carbocycles. The summed E-state index contributed by atoms with van der Waals surface area (Å²) in [6, 6.07) is 15.6. The van der Waals surface area contributed by atoms with Gasteiger partial charge in [0.1, 0.15) is 11.6 Å². The monoisotopic (exact) mass is 277 g/mol. The Kier molecular flexibility index (Phi) is 2.99. The molecule has 0 saturated heterocycles. The summed E-state index contributed by atoms with van der Waals surface area (Å²) >= 11 is 0. The zero-order chi connectivity index (χ0) is 15.0. The fraction of sp³-hybridized carbons (Fsp3) is 0.125. The molecule has 3 aromatic rings. The molecule has 0 aliphatic heterocycles. The molecule has 0 fully saturated rings. The predicted molar refractivity (Wildman–Crippen MR) is 84.5 cm³/mol. The molecule has 1 heterocycles. The second kappa shape index (κ2) is 4.84. The van der Waals surface area contributed by atoms with Crippen LogP contribution in [0, 0.1) is 11.3 Å². The van der Waals surface area contributed by atoms with Gasteiger partial charge in [-0.1, -0.05) is 18.2 Å². The minimum Gasteiger partial charge on any atom is -0.376 e. The number of hydrogen-bond donors (Lipinski definition) is 1. The van der Waals surface area contributed by atoms with Gasteiger partial charge in [0.2, 0.25) is 5.95 Å². The normalized spacial score (nSPS) is 10.5. The molecule has 0 amide bonds. The number of fused-ring (bicyclic) bond motifs is 1. The van der Waals surface area contributed by atoms with E-state index in [2.05, 4.69) is 11.1 Å². The van der Waals surface area contributed by atoms with Crippen molar-refractivity contribution in [2.75, 3.05) is 24.7 Å². The molecule has 3 rings (SSSR count). The van der Waals surface area contributed by atoms with Crippen LogP contribution in [0.15, 0.2) is 42.5 Å². The van der Waals surface area contributed by atoms with Crippen molar-refractivity contribution in [3.8, 4) is 11.8 Å². The van der Waals surface area contributed by atoms with E-state index in [9.17, 15) is 5.26 Å². The first-order valence-electron chi connectivity index (χ1n) is 6.57. The Labute approximate surface area is 122 Å². The standard InChI is InChI=1S/C16H15N5/c1-20(2)12-7-3-4-8-13(12)21-14-9-5-6-11(10-17)15(14)19-16(21)18/h3-9H,1-2H3,(H2,18,19). The lowest BCUT2D eigenvalue weighted by Crippen LogP contribution is -2.13. The number of nitrogens with two attached hydrogens (primary N) is 1. The molecule has 5 heteroatoms. The summed E-state index contributed by atoms with van der Waals surface area (Å²) in [6.45, 7) is 0. The Morgan fingerprint density at radius 1 is 1.14 bits per heavy atom. The molecule has 5 nitrogen and oxygen atoms in total. The van der Waals surface area contributed by atoms with Gasteiger partial charge in [-0.05, 0) is 24.3 Å². The Morgan fingerprint density at radius 2 is 1.90 bits per heavy atom. The highest BCUT2D eigenvalue weighted by Crippen LogP contribution is 2.30. The molecule has 0 bridgehead atoms. The number of aromatic nitrogens is 2. The number of nitrogens with zero attached hydrogens (tertiary/aromatic N) is 4. The molecule has 21 heavy (non-hydrogen) atoms. The summed E-state index contributed by atoms with van der Waals surface area (Å²) < 4.78 is 1.88. The first kappa shape index (κ1) is 13.0. The fourth-order valence-electron chi connectivity index (χ4n) is 2.49. The SMILES string of the molecule is CN(C)c1ccccc1-n1c(N)nc2c(C#N)cccc21. The Bertz CT molecular complexity index is 855. The maximum atomic E-state index is 9.20. The van der Waals surface area contributed by atoms with Crippen molar-refractivity contribution in [1.82, 2.24) is 9.55 Å². The minimum absolute atomic E-state index is 0.377. The van der Waals surface area contributed by atoms with Crippen molar-refractivity contribution in [1.29, 1.82) is 5.26 Å². The van der Waals surface area contributed by atoms with Crippen LogP contribution in [0.25, 0.3) is 16.7 Å². The van der Waals surface area contributed by atoms with Crippen LogP contribution in [-0.2, 0) is 0 Å². The average molecular weight is 277 g/mol. The van der Waals surface area contributed by atoms with Crippen LogP contribution in [0.3, 0.4) is 0 Å². The third kappa shape index (κ3) is 1.98. The molecule has 0 unspecified atom stereocenters. The number of benzene rings is 2. The summed E-state index contributed by atoms with van der Waals surface area (Å²) in [5.41, 5.74) is 10.1. The Morgan fingerprint density at radius 3 is 2.62 bits per heavy atom. The lowest BCUT2D eigenvalue weighted by atomic mass is 10.2. The second-order valence-electron chi connectivity index (χ2n) is 4.97. The molecule has 1 aromatic heterocycles. The van der Waals surface area contributed by atoms with Gasteiger partial charge in [-0.2, -0.15) is 5.26 Å². The molecule has 2 N–H and O–H groups in total. The number of rotatable bonds is 2. The number of imidazole rings is 1. The predicted octanol–water partition coefficient (Wildman–Crippen LogP) is 2.55. The third-order valence-corrected chi connectivity index (χ3v) is 3.44. The Hall–Kier alpha value is -3.00. The van der Waals surface area contributed by atoms with Gasteiger partial charge in [0.25, 0.3) is 0 Å². The van der Waals surface area contributed by atoms with E-state index >= 15 is 0 Å². The van der Waals surface area contributed by atoms with Gasteiger partial charge in [-0.15, -0.1) is 0 Å². The first-order valence-corrected chi connectivity index (χ1v) is 6.57. The minimum atomic E-state index is 0.377. The van der Waals surface area contributed by atoms with E-state index in [4.69, 9.17) is 5.73 Å². The summed E-state index contributed by atoms with van der Waals surface area (Å²) in [6.07, 6.45) is 0. The van der Waals surface area contributed by atoms with Gasteiger partial charge in [-0.3, -0.25) is 4.57 Å². The van der Waals surface area contributed by atoms with Crippen molar-refractivity contribution in [3.63, 3.8) is 0 Å². The molecule has 0 atom stereocenters. The van der Waals surface area contributed by atoms with Crippen molar-refractivity contribution in [2.45, 2.75) is 0 Å². The highest BCUT2D eigenvalue weighted by molar-refractivity contribution is 5.87. The van der Waals surface area contributed by atoms with Gasteiger partial charge in [0, 0.05) is 14.1 Å². The van der Waals surface area contributed by atoms with E-state index in [1.54, 1.807) is 6.07 Å². The smallest absolute Gasteiger partial charge is 0.206 e. The van der Waals surface area contributed by atoms with E-state index in [1.807, 2.05) is 60.0 Å². The molecule has 0 aliphatic carbocycles. The van der Waals surface area contributed by atoms with Crippen LogP contribution in [0.5, 0.6) is 0 Å².